The third-order valence-electron chi connectivity index (χ3n) is 3.65. The Kier molecular flexibility index (Phi) is 6.32. The van der Waals surface area contributed by atoms with Gasteiger partial charge in [0.15, 0.2) is 0 Å². The van der Waals surface area contributed by atoms with E-state index in [1.54, 1.807) is 24.3 Å². The number of benzene rings is 2. The monoisotopic (exact) mass is 348 g/mol. The van der Waals surface area contributed by atoms with Crippen molar-refractivity contribution < 1.29 is 14.0 Å². The normalized spacial score (nSPS) is 11.8. The first kappa shape index (κ1) is 17.9. The highest BCUT2D eigenvalue weighted by Gasteiger charge is 2.18. The number of nitrogens with two attached hydrogens (primary N) is 1. The van der Waals surface area contributed by atoms with Gasteiger partial charge >= 0.3 is 0 Å². The Morgan fingerprint density at radius 3 is 2.42 bits per heavy atom. The summed E-state index contributed by atoms with van der Waals surface area (Å²) in [6.45, 7) is 0.126. The van der Waals surface area contributed by atoms with Crippen molar-refractivity contribution in [3.8, 4) is 0 Å². The minimum Gasteiger partial charge on any atom is -0.369 e. The van der Waals surface area contributed by atoms with E-state index < -0.39 is 11.8 Å². The molecule has 2 aromatic rings. The van der Waals surface area contributed by atoms with Gasteiger partial charge < -0.3 is 11.1 Å². The smallest absolute Gasteiger partial charge is 0.224 e. The molecule has 0 aliphatic carbocycles. The van der Waals surface area contributed by atoms with Crippen LogP contribution >= 0.6 is 11.6 Å². The number of halogens is 2. The van der Waals surface area contributed by atoms with Crippen molar-refractivity contribution in [1.82, 2.24) is 5.32 Å². The maximum atomic E-state index is 12.8. The second kappa shape index (κ2) is 8.45. The molecule has 0 aromatic heterocycles. The van der Waals surface area contributed by atoms with Gasteiger partial charge in [0.05, 0.1) is 12.3 Å². The molecule has 2 aromatic carbocycles. The lowest BCUT2D eigenvalue weighted by atomic mass is 9.98. The van der Waals surface area contributed by atoms with Crippen molar-refractivity contribution in [2.75, 3.05) is 6.54 Å². The SMILES string of the molecule is NC(=O)C(CNC(=O)Cc1ccc(F)cc1)Cc1ccccc1Cl. The van der Waals surface area contributed by atoms with Crippen LogP contribution in [0.15, 0.2) is 48.5 Å². The summed E-state index contributed by atoms with van der Waals surface area (Å²) in [4.78, 5) is 23.6. The second-order valence-corrected chi connectivity index (χ2v) is 5.91. The van der Waals surface area contributed by atoms with Crippen LogP contribution in [0.1, 0.15) is 11.1 Å². The Morgan fingerprint density at radius 2 is 1.79 bits per heavy atom. The number of rotatable bonds is 7. The average molecular weight is 349 g/mol. The fourth-order valence-corrected chi connectivity index (χ4v) is 2.50. The van der Waals surface area contributed by atoms with E-state index in [-0.39, 0.29) is 24.7 Å². The summed E-state index contributed by atoms with van der Waals surface area (Å²) in [5, 5.41) is 3.25. The summed E-state index contributed by atoms with van der Waals surface area (Å²) >= 11 is 6.09. The largest absolute Gasteiger partial charge is 0.369 e. The van der Waals surface area contributed by atoms with Crippen LogP contribution in [0.4, 0.5) is 4.39 Å². The number of carbonyl (C=O) groups excluding carboxylic acids is 2. The Morgan fingerprint density at radius 1 is 1.12 bits per heavy atom. The predicted octanol–water partition coefficient (Wildman–Crippen LogP) is 2.48. The molecule has 0 aliphatic rings. The summed E-state index contributed by atoms with van der Waals surface area (Å²) in [6, 6.07) is 12.9. The van der Waals surface area contributed by atoms with Crippen LogP contribution in [0.2, 0.25) is 5.02 Å². The van der Waals surface area contributed by atoms with Gasteiger partial charge in [0.1, 0.15) is 5.82 Å². The number of carbonyl (C=O) groups is 2. The first-order valence-corrected chi connectivity index (χ1v) is 7.87. The van der Waals surface area contributed by atoms with E-state index in [9.17, 15) is 14.0 Å². The van der Waals surface area contributed by atoms with Gasteiger partial charge in [0, 0.05) is 11.6 Å². The molecular formula is C18H18ClFN2O2. The summed E-state index contributed by atoms with van der Waals surface area (Å²) in [5.41, 5.74) is 6.91. The number of hydrogen-bond donors (Lipinski definition) is 2. The van der Waals surface area contributed by atoms with Gasteiger partial charge in [-0.25, -0.2) is 4.39 Å². The minimum absolute atomic E-state index is 0.109. The zero-order chi connectivity index (χ0) is 17.5. The molecule has 1 atom stereocenters. The molecule has 126 valence electrons. The Bertz CT molecular complexity index is 719. The number of primary amides is 1. The van der Waals surface area contributed by atoms with Gasteiger partial charge in [-0.3, -0.25) is 9.59 Å². The molecule has 2 rings (SSSR count). The van der Waals surface area contributed by atoms with Crippen molar-refractivity contribution in [2.45, 2.75) is 12.8 Å². The minimum atomic E-state index is -0.554. The molecule has 24 heavy (non-hydrogen) atoms. The van der Waals surface area contributed by atoms with E-state index in [1.165, 1.54) is 12.1 Å². The van der Waals surface area contributed by atoms with E-state index in [2.05, 4.69) is 5.32 Å². The molecule has 4 nitrogen and oxygen atoms in total. The van der Waals surface area contributed by atoms with Crippen molar-refractivity contribution in [3.63, 3.8) is 0 Å². The quantitative estimate of drug-likeness (QED) is 0.806. The van der Waals surface area contributed by atoms with Gasteiger partial charge in [0.2, 0.25) is 11.8 Å². The van der Waals surface area contributed by atoms with Crippen LogP contribution in [0.5, 0.6) is 0 Å². The van der Waals surface area contributed by atoms with Crippen molar-refractivity contribution in [3.05, 3.63) is 70.5 Å². The molecule has 0 aliphatic heterocycles. The fourth-order valence-electron chi connectivity index (χ4n) is 2.29. The van der Waals surface area contributed by atoms with Crippen LogP contribution in [0.25, 0.3) is 0 Å². The molecule has 0 saturated heterocycles. The predicted molar refractivity (Wildman–Crippen MR) is 91.0 cm³/mol. The van der Waals surface area contributed by atoms with E-state index in [0.29, 0.717) is 17.0 Å². The molecule has 2 amide bonds. The zero-order valence-electron chi connectivity index (χ0n) is 13.0. The van der Waals surface area contributed by atoms with E-state index in [4.69, 9.17) is 17.3 Å². The van der Waals surface area contributed by atoms with Gasteiger partial charge in [-0.2, -0.15) is 0 Å². The molecule has 0 heterocycles. The number of amides is 2. The first-order valence-electron chi connectivity index (χ1n) is 7.49. The highest BCUT2D eigenvalue weighted by Crippen LogP contribution is 2.18. The Labute approximate surface area is 144 Å². The molecule has 6 heteroatoms. The van der Waals surface area contributed by atoms with Crippen LogP contribution in [0, 0.1) is 11.7 Å². The number of hydrogen-bond acceptors (Lipinski definition) is 2. The Balaban J connectivity index is 1.91. The molecule has 1 unspecified atom stereocenters. The highest BCUT2D eigenvalue weighted by molar-refractivity contribution is 6.31. The Hall–Kier alpha value is -2.40. The lowest BCUT2D eigenvalue weighted by Crippen LogP contribution is -2.37. The third-order valence-corrected chi connectivity index (χ3v) is 4.02. The standard InChI is InChI=1S/C18H18ClFN2O2/c19-16-4-2-1-3-13(16)10-14(18(21)24)11-22-17(23)9-12-5-7-15(20)8-6-12/h1-8,14H,9-11H2,(H2,21,24)(H,22,23). The van der Waals surface area contributed by atoms with Crippen molar-refractivity contribution in [2.24, 2.45) is 11.7 Å². The highest BCUT2D eigenvalue weighted by atomic mass is 35.5. The third kappa shape index (κ3) is 5.35. The molecule has 3 N–H and O–H groups in total. The summed E-state index contributed by atoms with van der Waals surface area (Å²) in [5.74, 6) is -1.67. The molecule has 0 fully saturated rings. The van der Waals surface area contributed by atoms with E-state index in [1.807, 2.05) is 12.1 Å². The molecule has 0 spiro atoms. The second-order valence-electron chi connectivity index (χ2n) is 5.50. The summed E-state index contributed by atoms with van der Waals surface area (Å²) in [7, 11) is 0. The van der Waals surface area contributed by atoms with E-state index in [0.717, 1.165) is 5.56 Å². The fraction of sp³-hybridized carbons (Fsp3) is 0.222. The molecule has 0 bridgehead atoms. The van der Waals surface area contributed by atoms with Crippen molar-refractivity contribution >= 4 is 23.4 Å². The summed E-state index contributed by atoms with van der Waals surface area (Å²) < 4.78 is 12.8. The van der Waals surface area contributed by atoms with Crippen LogP contribution in [-0.2, 0) is 22.4 Å². The topological polar surface area (TPSA) is 72.2 Å². The zero-order valence-corrected chi connectivity index (χ0v) is 13.7. The molecule has 0 saturated carbocycles. The van der Waals surface area contributed by atoms with E-state index >= 15 is 0 Å². The maximum Gasteiger partial charge on any atom is 0.224 e. The summed E-state index contributed by atoms with van der Waals surface area (Å²) in [6.07, 6.45) is 0.462. The van der Waals surface area contributed by atoms with Gasteiger partial charge in [-0.05, 0) is 35.7 Å². The van der Waals surface area contributed by atoms with Crippen LogP contribution in [-0.4, -0.2) is 18.4 Å². The lowest BCUT2D eigenvalue weighted by Gasteiger charge is -2.15. The average Bonchev–Trinajstić information content (AvgIpc) is 2.55. The molecular weight excluding hydrogens is 331 g/mol. The lowest BCUT2D eigenvalue weighted by molar-refractivity contribution is -0.123. The van der Waals surface area contributed by atoms with Gasteiger partial charge in [-0.1, -0.05) is 41.9 Å². The molecule has 0 radical (unpaired) electrons. The van der Waals surface area contributed by atoms with Gasteiger partial charge in [-0.15, -0.1) is 0 Å². The number of nitrogens with one attached hydrogen (secondary N) is 1. The van der Waals surface area contributed by atoms with Crippen LogP contribution < -0.4 is 11.1 Å². The first-order chi connectivity index (χ1) is 11.5. The van der Waals surface area contributed by atoms with Crippen molar-refractivity contribution in [1.29, 1.82) is 0 Å². The maximum absolute atomic E-state index is 12.8. The van der Waals surface area contributed by atoms with Gasteiger partial charge in [0.25, 0.3) is 0 Å². The van der Waals surface area contributed by atoms with Crippen LogP contribution in [0.3, 0.4) is 0 Å².